The van der Waals surface area contributed by atoms with E-state index in [2.05, 4.69) is 0 Å². The Kier molecular flexibility index (Phi) is 3.48. The van der Waals surface area contributed by atoms with Crippen LogP contribution in [0.4, 0.5) is 0 Å². The molecule has 0 amide bonds. The van der Waals surface area contributed by atoms with Crippen molar-refractivity contribution in [1.29, 1.82) is 0 Å². The highest BCUT2D eigenvalue weighted by molar-refractivity contribution is 7.12. The summed E-state index contributed by atoms with van der Waals surface area (Å²) < 4.78 is 5.08. The number of methoxy groups -OCH3 is 1. The first-order valence-corrected chi connectivity index (χ1v) is 5.17. The molecular formula is C10H14O2S. The summed E-state index contributed by atoms with van der Waals surface area (Å²) in [6, 6.07) is 1.83. The molecule has 3 heteroatoms. The lowest BCUT2D eigenvalue weighted by atomic mass is 10.1. The first kappa shape index (κ1) is 10.3. The van der Waals surface area contributed by atoms with Gasteiger partial charge in [-0.05, 0) is 17.4 Å². The minimum absolute atomic E-state index is 0.182. The molecule has 72 valence electrons. The van der Waals surface area contributed by atoms with Crippen LogP contribution in [0.25, 0.3) is 0 Å². The van der Waals surface area contributed by atoms with E-state index in [1.165, 1.54) is 11.3 Å². The van der Waals surface area contributed by atoms with Crippen LogP contribution < -0.4 is 4.74 Å². The molecule has 0 bridgehead atoms. The molecule has 0 aromatic carbocycles. The fraction of sp³-hybridized carbons (Fsp3) is 0.500. The van der Waals surface area contributed by atoms with Gasteiger partial charge in [-0.15, -0.1) is 11.3 Å². The summed E-state index contributed by atoms with van der Waals surface area (Å²) in [6.07, 6.45) is 0.594. The van der Waals surface area contributed by atoms with Crippen LogP contribution >= 0.6 is 11.3 Å². The van der Waals surface area contributed by atoms with Gasteiger partial charge >= 0.3 is 0 Å². The van der Waals surface area contributed by atoms with E-state index in [1.54, 1.807) is 7.11 Å². The fourth-order valence-electron chi connectivity index (χ4n) is 1.12. The van der Waals surface area contributed by atoms with Crippen LogP contribution in [0, 0.1) is 5.92 Å². The largest absolute Gasteiger partial charge is 0.495 e. The van der Waals surface area contributed by atoms with Crippen molar-refractivity contribution in [2.75, 3.05) is 7.11 Å². The molecule has 0 spiro atoms. The van der Waals surface area contributed by atoms with E-state index in [0.29, 0.717) is 18.1 Å². The normalized spacial score (nSPS) is 10.5. The maximum Gasteiger partial charge on any atom is 0.176 e. The van der Waals surface area contributed by atoms with Crippen LogP contribution in [-0.2, 0) is 0 Å². The molecule has 0 fully saturated rings. The lowest BCUT2D eigenvalue weighted by Gasteiger charge is -2.03. The predicted molar refractivity (Wildman–Crippen MR) is 54.7 cm³/mol. The van der Waals surface area contributed by atoms with Gasteiger partial charge in [-0.1, -0.05) is 13.8 Å². The van der Waals surface area contributed by atoms with Gasteiger partial charge < -0.3 is 4.74 Å². The highest BCUT2D eigenvalue weighted by atomic mass is 32.1. The molecule has 0 atom stereocenters. The monoisotopic (exact) mass is 198 g/mol. The van der Waals surface area contributed by atoms with Crippen molar-refractivity contribution in [3.8, 4) is 5.75 Å². The van der Waals surface area contributed by atoms with Gasteiger partial charge in [0.15, 0.2) is 5.78 Å². The van der Waals surface area contributed by atoms with Gasteiger partial charge in [-0.2, -0.15) is 0 Å². The highest BCUT2D eigenvalue weighted by Crippen LogP contribution is 2.26. The van der Waals surface area contributed by atoms with E-state index >= 15 is 0 Å². The molecule has 0 saturated heterocycles. The lowest BCUT2D eigenvalue weighted by molar-refractivity contribution is 0.0969. The smallest absolute Gasteiger partial charge is 0.176 e. The second-order valence-electron chi connectivity index (χ2n) is 3.34. The molecule has 1 rings (SSSR count). The summed E-state index contributed by atoms with van der Waals surface area (Å²) in [7, 11) is 1.59. The zero-order valence-corrected chi connectivity index (χ0v) is 8.98. The molecule has 1 aromatic heterocycles. The van der Waals surface area contributed by atoms with E-state index in [1.807, 2.05) is 25.3 Å². The molecule has 0 unspecified atom stereocenters. The topological polar surface area (TPSA) is 26.3 Å². The van der Waals surface area contributed by atoms with E-state index < -0.39 is 0 Å². The van der Waals surface area contributed by atoms with E-state index in [4.69, 9.17) is 4.74 Å². The Labute approximate surface area is 82.5 Å². The zero-order valence-electron chi connectivity index (χ0n) is 8.16. The number of carbonyl (C=O) groups is 1. The quantitative estimate of drug-likeness (QED) is 0.695. The summed E-state index contributed by atoms with van der Waals surface area (Å²) in [5.41, 5.74) is 0. The van der Waals surface area contributed by atoms with Crippen molar-refractivity contribution in [1.82, 2.24) is 0 Å². The van der Waals surface area contributed by atoms with Crippen molar-refractivity contribution in [2.24, 2.45) is 5.92 Å². The molecule has 2 nitrogen and oxygen atoms in total. The minimum Gasteiger partial charge on any atom is -0.495 e. The summed E-state index contributed by atoms with van der Waals surface area (Å²) in [5, 5.41) is 1.88. The molecule has 0 aliphatic rings. The third-order valence-corrected chi connectivity index (χ3v) is 2.63. The summed E-state index contributed by atoms with van der Waals surface area (Å²) in [4.78, 5) is 12.4. The third kappa shape index (κ3) is 2.56. The first-order valence-electron chi connectivity index (χ1n) is 4.29. The number of hydrogen-bond donors (Lipinski definition) is 0. The molecule has 13 heavy (non-hydrogen) atoms. The Balaban J connectivity index is 2.76. The van der Waals surface area contributed by atoms with Crippen LogP contribution in [0.1, 0.15) is 29.9 Å². The fourth-order valence-corrected chi connectivity index (χ4v) is 1.94. The third-order valence-electron chi connectivity index (χ3n) is 1.70. The maximum atomic E-state index is 11.6. The van der Waals surface area contributed by atoms with Crippen molar-refractivity contribution in [3.05, 3.63) is 16.3 Å². The number of rotatable bonds is 4. The Bertz CT molecular complexity index is 289. The van der Waals surface area contributed by atoms with Crippen molar-refractivity contribution >= 4 is 17.1 Å². The molecule has 0 N–H and O–H groups in total. The zero-order chi connectivity index (χ0) is 9.84. The minimum atomic E-state index is 0.182. The van der Waals surface area contributed by atoms with Crippen molar-refractivity contribution < 1.29 is 9.53 Å². The highest BCUT2D eigenvalue weighted by Gasteiger charge is 2.14. The van der Waals surface area contributed by atoms with Gasteiger partial charge in [0.05, 0.1) is 7.11 Å². The predicted octanol–water partition coefficient (Wildman–Crippen LogP) is 2.99. The molecule has 0 saturated carbocycles. The van der Waals surface area contributed by atoms with Crippen LogP contribution in [0.3, 0.4) is 0 Å². The van der Waals surface area contributed by atoms with Crippen molar-refractivity contribution in [3.63, 3.8) is 0 Å². The number of ether oxygens (including phenoxy) is 1. The maximum absolute atomic E-state index is 11.6. The molecule has 0 aliphatic carbocycles. The summed E-state index contributed by atoms with van der Waals surface area (Å²) in [5.74, 6) is 1.29. The average Bonchev–Trinajstić information content (AvgIpc) is 2.49. The average molecular weight is 198 g/mol. The van der Waals surface area contributed by atoms with Crippen molar-refractivity contribution in [2.45, 2.75) is 20.3 Å². The second kappa shape index (κ2) is 4.42. The van der Waals surface area contributed by atoms with Crippen LogP contribution in [0.5, 0.6) is 5.75 Å². The Morgan fingerprint density at radius 1 is 1.62 bits per heavy atom. The second-order valence-corrected chi connectivity index (χ2v) is 4.26. The van der Waals surface area contributed by atoms with Crippen LogP contribution in [0.15, 0.2) is 11.4 Å². The van der Waals surface area contributed by atoms with Crippen LogP contribution in [-0.4, -0.2) is 12.9 Å². The molecule has 1 heterocycles. The summed E-state index contributed by atoms with van der Waals surface area (Å²) in [6.45, 7) is 4.08. The molecular weight excluding hydrogens is 184 g/mol. The van der Waals surface area contributed by atoms with E-state index in [9.17, 15) is 4.79 Å². The Morgan fingerprint density at radius 3 is 2.85 bits per heavy atom. The molecule has 1 aromatic rings. The van der Waals surface area contributed by atoms with Gasteiger partial charge in [-0.3, -0.25) is 4.79 Å². The lowest BCUT2D eigenvalue weighted by Crippen LogP contribution is -2.02. The number of thiophene rings is 1. The number of carbonyl (C=O) groups excluding carboxylic acids is 1. The Morgan fingerprint density at radius 2 is 2.31 bits per heavy atom. The Hall–Kier alpha value is -0.830. The van der Waals surface area contributed by atoms with Gasteiger partial charge in [-0.25, -0.2) is 0 Å². The van der Waals surface area contributed by atoms with Crippen LogP contribution in [0.2, 0.25) is 0 Å². The van der Waals surface area contributed by atoms with Gasteiger partial charge in [0.25, 0.3) is 0 Å². The van der Waals surface area contributed by atoms with E-state index in [0.717, 1.165) is 4.88 Å². The number of Topliss-reactive ketones (excluding diaryl/α,β-unsaturated/α-hetero) is 1. The van der Waals surface area contributed by atoms with E-state index in [-0.39, 0.29) is 5.78 Å². The van der Waals surface area contributed by atoms with Gasteiger partial charge in [0.2, 0.25) is 0 Å². The standard InChI is InChI=1S/C10H14O2S/c1-7(2)6-8(11)10-9(12-3)4-5-13-10/h4-5,7H,6H2,1-3H3. The van der Waals surface area contributed by atoms with Gasteiger partial charge in [0.1, 0.15) is 10.6 Å². The number of ketones is 1. The first-order chi connectivity index (χ1) is 6.15. The molecule has 0 aliphatic heterocycles. The number of hydrogen-bond acceptors (Lipinski definition) is 3. The van der Waals surface area contributed by atoms with Gasteiger partial charge in [0, 0.05) is 6.42 Å². The SMILES string of the molecule is COc1ccsc1C(=O)CC(C)C. The molecule has 0 radical (unpaired) electrons. The summed E-state index contributed by atoms with van der Waals surface area (Å²) >= 11 is 1.45.